The van der Waals surface area contributed by atoms with Crippen molar-refractivity contribution in [2.24, 2.45) is 4.99 Å². The van der Waals surface area contributed by atoms with Crippen molar-refractivity contribution >= 4 is 5.96 Å². The van der Waals surface area contributed by atoms with Crippen molar-refractivity contribution in [2.45, 2.75) is 26.8 Å². The zero-order chi connectivity index (χ0) is 20.5. The zero-order valence-corrected chi connectivity index (χ0v) is 17.2. The van der Waals surface area contributed by atoms with Crippen molar-refractivity contribution < 1.29 is 9.15 Å². The Kier molecular flexibility index (Phi) is 7.28. The van der Waals surface area contributed by atoms with E-state index in [0.29, 0.717) is 19.0 Å². The number of hydrogen-bond donors (Lipinski definition) is 2. The highest BCUT2D eigenvalue weighted by Gasteiger charge is 2.07. The summed E-state index contributed by atoms with van der Waals surface area (Å²) in [5, 5.41) is 6.62. The summed E-state index contributed by atoms with van der Waals surface area (Å²) in [6.45, 7) is 6.20. The molecule has 0 spiro atoms. The highest BCUT2D eigenvalue weighted by Crippen LogP contribution is 2.19. The third kappa shape index (κ3) is 6.10. The van der Waals surface area contributed by atoms with Crippen LogP contribution in [0.3, 0.4) is 0 Å². The Morgan fingerprint density at radius 2 is 1.97 bits per heavy atom. The molecule has 6 nitrogen and oxygen atoms in total. The minimum Gasteiger partial charge on any atom is -0.497 e. The van der Waals surface area contributed by atoms with E-state index in [1.165, 1.54) is 5.56 Å². The molecule has 0 unspecified atom stereocenters. The lowest BCUT2D eigenvalue weighted by Gasteiger charge is -2.10. The SMILES string of the molecule is CCNC(=NCc1cccc(OC)c1)NCCc1coc(-c2ccc(C)cc2)n1. The van der Waals surface area contributed by atoms with Crippen LogP contribution in [-0.4, -0.2) is 31.1 Å². The molecule has 152 valence electrons. The van der Waals surface area contributed by atoms with Crippen molar-refractivity contribution in [1.29, 1.82) is 0 Å². The fourth-order valence-corrected chi connectivity index (χ4v) is 2.84. The van der Waals surface area contributed by atoms with Gasteiger partial charge in [0, 0.05) is 25.1 Å². The minimum absolute atomic E-state index is 0.577. The number of guanidine groups is 1. The molecular weight excluding hydrogens is 364 g/mol. The maximum Gasteiger partial charge on any atom is 0.226 e. The summed E-state index contributed by atoms with van der Waals surface area (Å²) < 4.78 is 10.9. The van der Waals surface area contributed by atoms with E-state index in [4.69, 9.17) is 9.15 Å². The molecular formula is C23H28N4O2. The molecule has 3 rings (SSSR count). The number of hydrogen-bond acceptors (Lipinski definition) is 4. The van der Waals surface area contributed by atoms with Gasteiger partial charge < -0.3 is 19.8 Å². The number of nitrogens with zero attached hydrogens (tertiary/aromatic N) is 2. The Balaban J connectivity index is 1.54. The second-order valence-electron chi connectivity index (χ2n) is 6.73. The summed E-state index contributed by atoms with van der Waals surface area (Å²) in [6, 6.07) is 16.1. The van der Waals surface area contributed by atoms with Gasteiger partial charge in [0.05, 0.1) is 19.3 Å². The van der Waals surface area contributed by atoms with Crippen LogP contribution in [0, 0.1) is 6.92 Å². The van der Waals surface area contributed by atoms with Crippen LogP contribution in [0.25, 0.3) is 11.5 Å². The molecule has 0 amide bonds. The number of aromatic nitrogens is 1. The first-order valence-corrected chi connectivity index (χ1v) is 9.84. The summed E-state index contributed by atoms with van der Waals surface area (Å²) in [5.41, 5.74) is 4.22. The lowest BCUT2D eigenvalue weighted by atomic mass is 10.1. The van der Waals surface area contributed by atoms with Gasteiger partial charge in [0.15, 0.2) is 5.96 Å². The van der Waals surface area contributed by atoms with Crippen molar-refractivity contribution in [2.75, 3.05) is 20.2 Å². The number of aliphatic imine (C=N–C) groups is 1. The van der Waals surface area contributed by atoms with Gasteiger partial charge in [0.25, 0.3) is 0 Å². The summed E-state index contributed by atoms with van der Waals surface area (Å²) >= 11 is 0. The van der Waals surface area contributed by atoms with Gasteiger partial charge in [0.1, 0.15) is 12.0 Å². The quantitative estimate of drug-likeness (QED) is 0.449. The highest BCUT2D eigenvalue weighted by atomic mass is 16.5. The van der Waals surface area contributed by atoms with Crippen molar-refractivity contribution in [1.82, 2.24) is 15.6 Å². The Morgan fingerprint density at radius 1 is 1.14 bits per heavy atom. The minimum atomic E-state index is 0.577. The van der Waals surface area contributed by atoms with Crippen LogP contribution in [-0.2, 0) is 13.0 Å². The van der Waals surface area contributed by atoms with Gasteiger partial charge in [-0.1, -0.05) is 29.8 Å². The van der Waals surface area contributed by atoms with Crippen LogP contribution in [0.5, 0.6) is 5.75 Å². The van der Waals surface area contributed by atoms with E-state index in [1.54, 1.807) is 13.4 Å². The molecule has 2 aromatic carbocycles. The topological polar surface area (TPSA) is 71.7 Å². The summed E-state index contributed by atoms with van der Waals surface area (Å²) in [5.74, 6) is 2.27. The lowest BCUT2D eigenvalue weighted by molar-refractivity contribution is 0.414. The average molecular weight is 393 g/mol. The fourth-order valence-electron chi connectivity index (χ4n) is 2.84. The first-order chi connectivity index (χ1) is 14.2. The van der Waals surface area contributed by atoms with Crippen LogP contribution in [0.2, 0.25) is 0 Å². The maximum atomic E-state index is 5.63. The van der Waals surface area contributed by atoms with Crippen LogP contribution in [0.4, 0.5) is 0 Å². The molecule has 0 fully saturated rings. The molecule has 0 radical (unpaired) electrons. The molecule has 0 saturated carbocycles. The van der Waals surface area contributed by atoms with Crippen LogP contribution >= 0.6 is 0 Å². The monoisotopic (exact) mass is 392 g/mol. The van der Waals surface area contributed by atoms with E-state index in [0.717, 1.165) is 41.5 Å². The maximum absolute atomic E-state index is 5.63. The van der Waals surface area contributed by atoms with Gasteiger partial charge in [-0.05, 0) is 43.7 Å². The van der Waals surface area contributed by atoms with E-state index in [1.807, 2.05) is 43.3 Å². The highest BCUT2D eigenvalue weighted by molar-refractivity contribution is 5.79. The molecule has 2 N–H and O–H groups in total. The Bertz CT molecular complexity index is 932. The first-order valence-electron chi connectivity index (χ1n) is 9.84. The Hall–Kier alpha value is -3.28. The fraction of sp³-hybridized carbons (Fsp3) is 0.304. The number of oxazole rings is 1. The smallest absolute Gasteiger partial charge is 0.226 e. The number of ether oxygens (including phenoxy) is 1. The largest absolute Gasteiger partial charge is 0.497 e. The molecule has 0 aliphatic carbocycles. The van der Waals surface area contributed by atoms with E-state index in [2.05, 4.69) is 39.7 Å². The number of benzene rings is 2. The molecule has 0 aliphatic heterocycles. The van der Waals surface area contributed by atoms with Crippen LogP contribution in [0.1, 0.15) is 23.7 Å². The molecule has 0 bridgehead atoms. The zero-order valence-electron chi connectivity index (χ0n) is 17.2. The third-order valence-corrected chi connectivity index (χ3v) is 4.42. The lowest BCUT2D eigenvalue weighted by Crippen LogP contribution is -2.38. The molecule has 1 aromatic heterocycles. The summed E-state index contributed by atoms with van der Waals surface area (Å²) in [4.78, 5) is 9.23. The molecule has 1 heterocycles. The van der Waals surface area contributed by atoms with Crippen LogP contribution < -0.4 is 15.4 Å². The van der Waals surface area contributed by atoms with Crippen LogP contribution in [0.15, 0.2) is 64.2 Å². The predicted molar refractivity (Wildman–Crippen MR) is 116 cm³/mol. The van der Waals surface area contributed by atoms with Gasteiger partial charge >= 0.3 is 0 Å². The first kappa shape index (κ1) is 20.5. The average Bonchev–Trinajstić information content (AvgIpc) is 3.21. The second kappa shape index (κ2) is 10.3. The Labute approximate surface area is 172 Å². The molecule has 6 heteroatoms. The van der Waals surface area contributed by atoms with E-state index in [9.17, 15) is 0 Å². The molecule has 0 saturated heterocycles. The molecule has 29 heavy (non-hydrogen) atoms. The number of aryl methyl sites for hydroxylation is 1. The standard InChI is InChI=1S/C23H28N4O2/c1-4-24-23(26-15-18-6-5-7-21(14-18)28-3)25-13-12-20-16-29-22(27-20)19-10-8-17(2)9-11-19/h5-11,14,16H,4,12-13,15H2,1-3H3,(H2,24,25,26). The van der Waals surface area contributed by atoms with Crippen molar-refractivity contribution in [3.8, 4) is 17.2 Å². The second-order valence-corrected chi connectivity index (χ2v) is 6.73. The van der Waals surface area contributed by atoms with Gasteiger partial charge in [-0.15, -0.1) is 0 Å². The number of rotatable bonds is 8. The van der Waals surface area contributed by atoms with Gasteiger partial charge in [-0.25, -0.2) is 9.98 Å². The molecule has 0 atom stereocenters. The number of nitrogens with one attached hydrogen (secondary N) is 2. The summed E-state index contributed by atoms with van der Waals surface area (Å²) in [6.07, 6.45) is 2.47. The summed E-state index contributed by atoms with van der Waals surface area (Å²) in [7, 11) is 1.67. The van der Waals surface area contributed by atoms with Gasteiger partial charge in [-0.2, -0.15) is 0 Å². The third-order valence-electron chi connectivity index (χ3n) is 4.42. The van der Waals surface area contributed by atoms with E-state index >= 15 is 0 Å². The predicted octanol–water partition coefficient (Wildman–Crippen LogP) is 3.96. The number of methoxy groups -OCH3 is 1. The Morgan fingerprint density at radius 3 is 2.72 bits per heavy atom. The van der Waals surface area contributed by atoms with Gasteiger partial charge in [-0.3, -0.25) is 0 Å². The van der Waals surface area contributed by atoms with E-state index < -0.39 is 0 Å². The molecule has 0 aliphatic rings. The van der Waals surface area contributed by atoms with Crippen molar-refractivity contribution in [3.05, 3.63) is 71.6 Å². The van der Waals surface area contributed by atoms with E-state index in [-0.39, 0.29) is 0 Å². The molecule has 3 aromatic rings. The van der Waals surface area contributed by atoms with Crippen molar-refractivity contribution in [3.63, 3.8) is 0 Å². The van der Waals surface area contributed by atoms with Gasteiger partial charge in [0.2, 0.25) is 5.89 Å². The normalized spacial score (nSPS) is 11.3.